The van der Waals surface area contributed by atoms with Gasteiger partial charge in [-0.2, -0.15) is 0 Å². The lowest BCUT2D eigenvalue weighted by Gasteiger charge is -2.06. The first-order valence-corrected chi connectivity index (χ1v) is 3.77. The largest absolute Gasteiger partial charge is 0.268 e. The van der Waals surface area contributed by atoms with Gasteiger partial charge in [0.05, 0.1) is 0 Å². The van der Waals surface area contributed by atoms with E-state index < -0.39 is 0 Å². The van der Waals surface area contributed by atoms with Crippen molar-refractivity contribution in [2.24, 2.45) is 0 Å². The van der Waals surface area contributed by atoms with Crippen LogP contribution in [0.15, 0.2) is 21.7 Å². The Morgan fingerprint density at radius 2 is 1.33 bits per heavy atom. The Kier molecular flexibility index (Phi) is 1.46. The standard InChI is InChI=1S/C8H8N2O2/c11-7-5-3-1-2-4-6(5)8(12)10-9-7/h1-2H,3-4H2,(H,9,11)(H,10,12). The van der Waals surface area contributed by atoms with Crippen molar-refractivity contribution < 1.29 is 0 Å². The molecular weight excluding hydrogens is 156 g/mol. The molecule has 0 saturated carbocycles. The maximum atomic E-state index is 11.2. The molecule has 4 nitrogen and oxygen atoms in total. The number of H-pyrrole nitrogens is 2. The quantitative estimate of drug-likeness (QED) is 0.518. The molecule has 0 radical (unpaired) electrons. The number of fused-ring (bicyclic) bond motifs is 1. The van der Waals surface area contributed by atoms with E-state index >= 15 is 0 Å². The second-order valence-electron chi connectivity index (χ2n) is 2.75. The Morgan fingerprint density at radius 3 is 1.75 bits per heavy atom. The van der Waals surface area contributed by atoms with E-state index in [1.54, 1.807) is 0 Å². The van der Waals surface area contributed by atoms with Crippen LogP contribution < -0.4 is 11.1 Å². The Balaban J connectivity index is 2.78. The average Bonchev–Trinajstić information content (AvgIpc) is 2.12. The average molecular weight is 164 g/mol. The van der Waals surface area contributed by atoms with Gasteiger partial charge in [-0.05, 0) is 12.8 Å². The van der Waals surface area contributed by atoms with Crippen LogP contribution in [0.3, 0.4) is 0 Å². The fourth-order valence-electron chi connectivity index (χ4n) is 1.37. The molecule has 62 valence electrons. The molecule has 1 aliphatic carbocycles. The number of allylic oxidation sites excluding steroid dienone is 2. The van der Waals surface area contributed by atoms with Crippen LogP contribution in [-0.2, 0) is 12.8 Å². The number of aromatic nitrogens is 2. The molecule has 0 bridgehead atoms. The highest BCUT2D eigenvalue weighted by molar-refractivity contribution is 5.29. The summed E-state index contributed by atoms with van der Waals surface area (Å²) in [5.41, 5.74) is 0.824. The molecule has 0 unspecified atom stereocenters. The van der Waals surface area contributed by atoms with Crippen molar-refractivity contribution in [3.8, 4) is 0 Å². The molecule has 0 aliphatic heterocycles. The van der Waals surface area contributed by atoms with E-state index in [1.807, 2.05) is 12.2 Å². The maximum Gasteiger partial charge on any atom is 0.266 e. The van der Waals surface area contributed by atoms with Crippen LogP contribution in [0.25, 0.3) is 0 Å². The fraction of sp³-hybridized carbons (Fsp3) is 0.250. The first-order valence-electron chi connectivity index (χ1n) is 3.77. The molecule has 0 atom stereocenters. The van der Waals surface area contributed by atoms with E-state index in [-0.39, 0.29) is 11.1 Å². The van der Waals surface area contributed by atoms with Gasteiger partial charge in [0.2, 0.25) is 0 Å². The van der Waals surface area contributed by atoms with Crippen LogP contribution in [0.1, 0.15) is 11.1 Å². The molecule has 1 aromatic rings. The van der Waals surface area contributed by atoms with Gasteiger partial charge in [-0.25, -0.2) is 0 Å². The van der Waals surface area contributed by atoms with E-state index in [0.717, 1.165) is 0 Å². The van der Waals surface area contributed by atoms with Gasteiger partial charge >= 0.3 is 0 Å². The molecule has 2 N–H and O–H groups in total. The summed E-state index contributed by atoms with van der Waals surface area (Å²) < 4.78 is 0. The molecule has 1 heterocycles. The van der Waals surface area contributed by atoms with Gasteiger partial charge in [0.25, 0.3) is 11.1 Å². The summed E-state index contributed by atoms with van der Waals surface area (Å²) in [5, 5.41) is 4.60. The third-order valence-corrected chi connectivity index (χ3v) is 2.01. The third-order valence-electron chi connectivity index (χ3n) is 2.01. The number of hydrogen-bond acceptors (Lipinski definition) is 2. The van der Waals surface area contributed by atoms with Crippen LogP contribution in [-0.4, -0.2) is 10.2 Å². The van der Waals surface area contributed by atoms with Crippen molar-refractivity contribution in [2.75, 3.05) is 0 Å². The van der Waals surface area contributed by atoms with Crippen molar-refractivity contribution >= 4 is 0 Å². The van der Waals surface area contributed by atoms with Crippen molar-refractivity contribution in [3.05, 3.63) is 44.0 Å². The van der Waals surface area contributed by atoms with Gasteiger partial charge in [-0.1, -0.05) is 12.2 Å². The molecule has 0 spiro atoms. The zero-order valence-corrected chi connectivity index (χ0v) is 6.39. The molecule has 0 aromatic carbocycles. The van der Waals surface area contributed by atoms with Crippen LogP contribution in [0.4, 0.5) is 0 Å². The highest BCUT2D eigenvalue weighted by atomic mass is 16.1. The molecule has 0 amide bonds. The minimum atomic E-state index is -0.186. The van der Waals surface area contributed by atoms with E-state index in [4.69, 9.17) is 0 Å². The Bertz CT molecular complexity index is 398. The Morgan fingerprint density at radius 1 is 0.917 bits per heavy atom. The lowest BCUT2D eigenvalue weighted by molar-refractivity contribution is 0.875. The first-order chi connectivity index (χ1) is 5.79. The van der Waals surface area contributed by atoms with Crippen LogP contribution in [0.5, 0.6) is 0 Å². The number of rotatable bonds is 0. The van der Waals surface area contributed by atoms with Crippen molar-refractivity contribution in [3.63, 3.8) is 0 Å². The van der Waals surface area contributed by atoms with E-state index in [9.17, 15) is 9.59 Å². The molecule has 1 aliphatic rings. The summed E-state index contributed by atoms with van der Waals surface area (Å²) >= 11 is 0. The summed E-state index contributed by atoms with van der Waals surface area (Å²) in [4.78, 5) is 22.3. The SMILES string of the molecule is O=c1[nH][nH]c(=O)c2c1CC=CC2. The highest BCUT2D eigenvalue weighted by Crippen LogP contribution is 2.06. The monoisotopic (exact) mass is 164 g/mol. The summed E-state index contributed by atoms with van der Waals surface area (Å²) in [6, 6.07) is 0. The minimum Gasteiger partial charge on any atom is -0.268 e. The van der Waals surface area contributed by atoms with Crippen LogP contribution in [0.2, 0.25) is 0 Å². The van der Waals surface area contributed by atoms with E-state index in [0.29, 0.717) is 24.0 Å². The van der Waals surface area contributed by atoms with Gasteiger partial charge in [-0.15, -0.1) is 0 Å². The lowest BCUT2D eigenvalue weighted by Crippen LogP contribution is -2.28. The molecule has 4 heteroatoms. The van der Waals surface area contributed by atoms with Gasteiger partial charge in [-0.3, -0.25) is 19.8 Å². The van der Waals surface area contributed by atoms with Crippen LogP contribution in [0, 0.1) is 0 Å². The molecular formula is C8H8N2O2. The normalized spacial score (nSPS) is 14.3. The van der Waals surface area contributed by atoms with Gasteiger partial charge < -0.3 is 0 Å². The maximum absolute atomic E-state index is 11.2. The predicted octanol–water partition coefficient (Wildman–Crippen LogP) is -0.282. The third kappa shape index (κ3) is 0.922. The summed E-state index contributed by atoms with van der Waals surface area (Å²) in [6.45, 7) is 0. The van der Waals surface area contributed by atoms with E-state index in [1.165, 1.54) is 0 Å². The van der Waals surface area contributed by atoms with Crippen LogP contribution >= 0.6 is 0 Å². The van der Waals surface area contributed by atoms with Gasteiger partial charge in [0.15, 0.2) is 0 Å². The number of aromatic amines is 2. The first kappa shape index (κ1) is 7.09. The summed E-state index contributed by atoms with van der Waals surface area (Å²) in [6.07, 6.45) is 4.93. The topological polar surface area (TPSA) is 65.7 Å². The Hall–Kier alpha value is -1.58. The highest BCUT2D eigenvalue weighted by Gasteiger charge is 2.11. The van der Waals surface area contributed by atoms with Crippen molar-refractivity contribution in [1.29, 1.82) is 0 Å². The number of hydrogen-bond donors (Lipinski definition) is 2. The van der Waals surface area contributed by atoms with E-state index in [2.05, 4.69) is 10.2 Å². The predicted molar refractivity (Wildman–Crippen MR) is 44.2 cm³/mol. The summed E-state index contributed by atoms with van der Waals surface area (Å²) in [5.74, 6) is 0. The molecule has 12 heavy (non-hydrogen) atoms. The van der Waals surface area contributed by atoms with Gasteiger partial charge in [0.1, 0.15) is 0 Å². The second kappa shape index (κ2) is 2.48. The molecule has 1 aromatic heterocycles. The molecule has 0 saturated heterocycles. The van der Waals surface area contributed by atoms with Gasteiger partial charge in [0, 0.05) is 11.1 Å². The minimum absolute atomic E-state index is 0.186. The zero-order valence-electron chi connectivity index (χ0n) is 6.39. The fourth-order valence-corrected chi connectivity index (χ4v) is 1.37. The van der Waals surface area contributed by atoms with Crippen molar-refractivity contribution in [2.45, 2.75) is 12.8 Å². The second-order valence-corrected chi connectivity index (χ2v) is 2.75. The van der Waals surface area contributed by atoms with Crippen molar-refractivity contribution in [1.82, 2.24) is 10.2 Å². The smallest absolute Gasteiger partial charge is 0.266 e. The number of nitrogens with one attached hydrogen (secondary N) is 2. The molecule has 2 rings (SSSR count). The molecule has 0 fully saturated rings. The zero-order chi connectivity index (χ0) is 8.55. The summed E-state index contributed by atoms with van der Waals surface area (Å²) in [7, 11) is 0. The Labute approximate surface area is 67.9 Å². The lowest BCUT2D eigenvalue weighted by atomic mass is 10.0.